The van der Waals surface area contributed by atoms with Crippen molar-refractivity contribution in [2.75, 3.05) is 0 Å². The fourth-order valence-corrected chi connectivity index (χ4v) is 1.87. The van der Waals surface area contributed by atoms with Crippen LogP contribution in [0.3, 0.4) is 0 Å². The normalized spacial score (nSPS) is 8.80. The second-order valence-electron chi connectivity index (χ2n) is 4.68. The molecule has 0 amide bonds. The van der Waals surface area contributed by atoms with Crippen LogP contribution in [-0.2, 0) is 39.0 Å². The van der Waals surface area contributed by atoms with Crippen LogP contribution in [0.1, 0.15) is 11.1 Å². The second kappa shape index (κ2) is 14.0. The van der Waals surface area contributed by atoms with Gasteiger partial charge in [-0.15, -0.1) is 22.8 Å². The monoisotopic (exact) mass is 408 g/mol. The summed E-state index contributed by atoms with van der Waals surface area (Å²) in [6.07, 6.45) is 10.2. The molecule has 7 heteroatoms. The molecule has 0 radical (unpaired) electrons. The zero-order valence-electron chi connectivity index (χ0n) is 13.6. The summed E-state index contributed by atoms with van der Waals surface area (Å²) >= 11 is 0. The van der Waals surface area contributed by atoms with E-state index in [0.29, 0.717) is 0 Å². The predicted molar refractivity (Wildman–Crippen MR) is 90.7 cm³/mol. The molecule has 0 aliphatic carbocycles. The average Bonchev–Trinajstić information content (AvgIpc) is 3.40. The SMILES string of the molecule is [Zr+2].[c-]1c[nH]nn1.[c-]1c[nH]nn1.c1ccc(CCc2ccccc2)cc1. The first-order chi connectivity index (χ1) is 11.9. The van der Waals surface area contributed by atoms with Crippen molar-refractivity contribution in [1.29, 1.82) is 0 Å². The summed E-state index contributed by atoms with van der Waals surface area (Å²) in [5.74, 6) is 0. The molecule has 2 aromatic heterocycles. The van der Waals surface area contributed by atoms with Crippen molar-refractivity contribution in [3.8, 4) is 0 Å². The van der Waals surface area contributed by atoms with Crippen molar-refractivity contribution >= 4 is 0 Å². The Morgan fingerprint density at radius 3 is 1.28 bits per heavy atom. The first kappa shape index (κ1) is 20.6. The molecule has 0 aliphatic heterocycles. The molecule has 25 heavy (non-hydrogen) atoms. The first-order valence-corrected chi connectivity index (χ1v) is 7.48. The van der Waals surface area contributed by atoms with Gasteiger partial charge in [0.05, 0.1) is 0 Å². The van der Waals surface area contributed by atoms with E-state index >= 15 is 0 Å². The molecule has 6 nitrogen and oxygen atoms in total. The van der Waals surface area contributed by atoms with E-state index < -0.39 is 0 Å². The van der Waals surface area contributed by atoms with Gasteiger partial charge < -0.3 is 32.8 Å². The van der Waals surface area contributed by atoms with Crippen molar-refractivity contribution in [1.82, 2.24) is 30.8 Å². The Morgan fingerprint density at radius 2 is 1.04 bits per heavy atom. The minimum Gasteiger partial charge on any atom is -0.352 e. The second-order valence-corrected chi connectivity index (χ2v) is 4.68. The van der Waals surface area contributed by atoms with Crippen molar-refractivity contribution in [2.45, 2.75) is 12.8 Å². The third kappa shape index (κ3) is 10.1. The van der Waals surface area contributed by atoms with E-state index in [-0.39, 0.29) is 26.2 Å². The third-order valence-electron chi connectivity index (χ3n) is 2.98. The van der Waals surface area contributed by atoms with Gasteiger partial charge in [0.15, 0.2) is 0 Å². The molecule has 0 aliphatic rings. The number of nitrogens with zero attached hydrogens (tertiary/aromatic N) is 4. The summed E-state index contributed by atoms with van der Waals surface area (Å²) in [5, 5.41) is 18.1. The Hall–Kier alpha value is -2.40. The third-order valence-corrected chi connectivity index (χ3v) is 2.98. The smallest absolute Gasteiger partial charge is 0.352 e. The number of hydrogen-bond acceptors (Lipinski definition) is 4. The summed E-state index contributed by atoms with van der Waals surface area (Å²) < 4.78 is 0. The van der Waals surface area contributed by atoms with E-state index in [1.807, 2.05) is 0 Å². The molecule has 0 atom stereocenters. The van der Waals surface area contributed by atoms with Crippen LogP contribution in [0, 0.1) is 12.4 Å². The number of aryl methyl sites for hydroxylation is 2. The Labute approximate surface area is 166 Å². The number of benzene rings is 2. The van der Waals surface area contributed by atoms with E-state index in [1.165, 1.54) is 23.5 Å². The van der Waals surface area contributed by atoms with Crippen LogP contribution in [-0.4, -0.2) is 30.8 Å². The number of H-pyrrole nitrogens is 2. The van der Waals surface area contributed by atoms with Crippen LogP contribution in [0.2, 0.25) is 0 Å². The topological polar surface area (TPSA) is 83.1 Å². The molecule has 124 valence electrons. The van der Waals surface area contributed by atoms with E-state index in [1.54, 1.807) is 0 Å². The van der Waals surface area contributed by atoms with Gasteiger partial charge in [-0.05, 0) is 24.0 Å². The minimum atomic E-state index is 0. The van der Waals surface area contributed by atoms with Gasteiger partial charge in [0.2, 0.25) is 0 Å². The molecule has 0 saturated heterocycles. The summed E-state index contributed by atoms with van der Waals surface area (Å²) in [4.78, 5) is 0. The van der Waals surface area contributed by atoms with Crippen LogP contribution >= 0.6 is 0 Å². The predicted octanol–water partition coefficient (Wildman–Crippen LogP) is 2.68. The van der Waals surface area contributed by atoms with Crippen molar-refractivity contribution < 1.29 is 26.2 Å². The fourth-order valence-electron chi connectivity index (χ4n) is 1.87. The Balaban J connectivity index is 0.000000233. The maximum Gasteiger partial charge on any atom is 2.00 e. The molecule has 2 N–H and O–H groups in total. The molecule has 0 saturated carbocycles. The van der Waals surface area contributed by atoms with Gasteiger partial charge in [0, 0.05) is 0 Å². The van der Waals surface area contributed by atoms with Crippen molar-refractivity contribution in [3.05, 3.63) is 96.6 Å². The van der Waals surface area contributed by atoms with E-state index in [0.717, 1.165) is 12.8 Å². The number of aromatic nitrogens is 6. The van der Waals surface area contributed by atoms with E-state index in [2.05, 4.69) is 104 Å². The number of hydrogen-bond donors (Lipinski definition) is 2. The van der Waals surface area contributed by atoms with Crippen LogP contribution in [0.4, 0.5) is 0 Å². The van der Waals surface area contributed by atoms with Gasteiger partial charge in [-0.1, -0.05) is 60.7 Å². The molecule has 2 heterocycles. The largest absolute Gasteiger partial charge is 2.00 e. The van der Waals surface area contributed by atoms with Crippen LogP contribution < -0.4 is 0 Å². The van der Waals surface area contributed by atoms with E-state index in [4.69, 9.17) is 0 Å². The Kier molecular flexibility index (Phi) is 11.6. The number of aromatic amines is 2. The molecule has 2 aromatic carbocycles. The van der Waals surface area contributed by atoms with Gasteiger partial charge in [-0.25, -0.2) is 0 Å². The molecular formula is C18H18N6Zr. The molecule has 0 bridgehead atoms. The molecule has 0 spiro atoms. The molecule has 0 unspecified atom stereocenters. The van der Waals surface area contributed by atoms with Gasteiger partial charge in [-0.2, -0.15) is 0 Å². The molecule has 4 aromatic rings. The summed E-state index contributed by atoms with van der Waals surface area (Å²) in [6.45, 7) is 0. The van der Waals surface area contributed by atoms with Gasteiger partial charge in [0.25, 0.3) is 0 Å². The van der Waals surface area contributed by atoms with Crippen LogP contribution in [0.5, 0.6) is 0 Å². The number of rotatable bonds is 3. The van der Waals surface area contributed by atoms with Gasteiger partial charge in [-0.3, -0.25) is 0 Å². The average molecular weight is 410 g/mol. The quantitative estimate of drug-likeness (QED) is 0.510. The van der Waals surface area contributed by atoms with Crippen LogP contribution in [0.25, 0.3) is 0 Å². The summed E-state index contributed by atoms with van der Waals surface area (Å²) in [6, 6.07) is 21.2. The number of nitrogens with one attached hydrogen (secondary N) is 2. The maximum atomic E-state index is 3.29. The summed E-state index contributed by atoms with van der Waals surface area (Å²) in [5.41, 5.74) is 2.83. The molecule has 4 rings (SSSR count). The first-order valence-electron chi connectivity index (χ1n) is 7.48. The summed E-state index contributed by atoms with van der Waals surface area (Å²) in [7, 11) is 0. The fraction of sp³-hybridized carbons (Fsp3) is 0.111. The maximum absolute atomic E-state index is 3.29. The van der Waals surface area contributed by atoms with Gasteiger partial charge in [0.1, 0.15) is 0 Å². The van der Waals surface area contributed by atoms with E-state index in [9.17, 15) is 0 Å². The van der Waals surface area contributed by atoms with Gasteiger partial charge >= 0.3 is 26.2 Å². The van der Waals surface area contributed by atoms with Crippen molar-refractivity contribution in [2.24, 2.45) is 0 Å². The van der Waals surface area contributed by atoms with Crippen LogP contribution in [0.15, 0.2) is 73.1 Å². The zero-order chi connectivity index (χ0) is 16.7. The zero-order valence-corrected chi connectivity index (χ0v) is 16.1. The molecular weight excluding hydrogens is 391 g/mol. The molecule has 0 fully saturated rings. The van der Waals surface area contributed by atoms with Crippen molar-refractivity contribution in [3.63, 3.8) is 0 Å². The minimum absolute atomic E-state index is 0. The Morgan fingerprint density at radius 1 is 0.640 bits per heavy atom. The standard InChI is InChI=1S/C14H14.2C2H2N3.Zr/c1-3-7-13(8-4-1)11-12-14-9-5-2-6-10-14;2*1-2-4-5-3-1;/h1-10H,11-12H2;2*1H,(H,3,4,5);/q;2*-1;+2. The Bertz CT molecular complexity index is 615.